The highest BCUT2D eigenvalue weighted by Crippen LogP contribution is 2.38. The van der Waals surface area contributed by atoms with Crippen molar-refractivity contribution in [1.82, 2.24) is 39.0 Å². The second-order valence-electron chi connectivity index (χ2n) is 11.7. The monoisotopic (exact) mass is 657 g/mol. The van der Waals surface area contributed by atoms with Gasteiger partial charge in [0, 0.05) is 31.0 Å². The number of nitrogens with one attached hydrogen (secondary N) is 1. The molecule has 5 heterocycles. The van der Waals surface area contributed by atoms with E-state index in [0.717, 1.165) is 42.5 Å². The molecule has 16 nitrogen and oxygen atoms in total. The summed E-state index contributed by atoms with van der Waals surface area (Å²) in [5.74, 6) is 1.19. The zero-order chi connectivity index (χ0) is 33.6. The molecule has 0 radical (unpaired) electrons. The molecule has 6 rings (SSSR count). The van der Waals surface area contributed by atoms with Crippen LogP contribution in [0.3, 0.4) is 0 Å². The van der Waals surface area contributed by atoms with E-state index in [4.69, 9.17) is 21.3 Å². The van der Waals surface area contributed by atoms with Crippen LogP contribution in [0.15, 0.2) is 17.3 Å². The molecule has 47 heavy (non-hydrogen) atoms. The Morgan fingerprint density at radius 2 is 1.66 bits per heavy atom. The summed E-state index contributed by atoms with van der Waals surface area (Å²) >= 11 is 0. The zero-order valence-electron chi connectivity index (χ0n) is 26.5. The van der Waals surface area contributed by atoms with Crippen molar-refractivity contribution in [2.75, 3.05) is 36.2 Å². The van der Waals surface area contributed by atoms with Crippen LogP contribution in [0.1, 0.15) is 66.4 Å². The van der Waals surface area contributed by atoms with E-state index in [-0.39, 0.29) is 45.4 Å². The first kappa shape index (κ1) is 31.6. The SMILES string of the molecule is CCc1c(C)nn2c(N)c(C#N)c(NCCc3ccn(C4CC(COc5nn6c(N)c(C#N)c(S(C)(=O)=O)nc6c5CC)C4)n3)nc12. The Kier molecular flexibility index (Phi) is 8.10. The van der Waals surface area contributed by atoms with Gasteiger partial charge in [-0.25, -0.2) is 18.4 Å². The van der Waals surface area contributed by atoms with Gasteiger partial charge in [-0.15, -0.1) is 5.10 Å². The van der Waals surface area contributed by atoms with E-state index in [9.17, 15) is 18.9 Å². The number of nitrogen functional groups attached to an aromatic ring is 2. The van der Waals surface area contributed by atoms with E-state index in [1.165, 1.54) is 9.03 Å². The van der Waals surface area contributed by atoms with Crippen molar-refractivity contribution >= 4 is 38.6 Å². The highest BCUT2D eigenvalue weighted by atomic mass is 32.2. The number of aromatic nitrogens is 8. The van der Waals surface area contributed by atoms with Crippen LogP contribution in [0.25, 0.3) is 11.3 Å². The number of anilines is 3. The number of fused-ring (bicyclic) bond motifs is 2. The summed E-state index contributed by atoms with van der Waals surface area (Å²) in [7, 11) is -3.79. The van der Waals surface area contributed by atoms with Crippen LogP contribution < -0.4 is 21.5 Å². The van der Waals surface area contributed by atoms with Crippen molar-refractivity contribution in [3.63, 3.8) is 0 Å². The maximum absolute atomic E-state index is 12.3. The second-order valence-corrected chi connectivity index (χ2v) is 13.6. The molecular formula is C30H35N13O3S. The van der Waals surface area contributed by atoms with Gasteiger partial charge in [0.25, 0.3) is 0 Å². The number of ether oxygens (including phenoxy) is 1. The largest absolute Gasteiger partial charge is 0.476 e. The summed E-state index contributed by atoms with van der Waals surface area (Å²) in [5, 5.41) is 35.8. The Balaban J connectivity index is 1.07. The van der Waals surface area contributed by atoms with E-state index in [1.54, 1.807) is 0 Å². The Labute approximate surface area is 270 Å². The number of nitrogens with two attached hydrogens (primary N) is 2. The number of nitrogens with zero attached hydrogens (tertiary/aromatic N) is 10. The molecule has 0 spiro atoms. The predicted molar refractivity (Wildman–Crippen MR) is 173 cm³/mol. The molecule has 0 unspecified atom stereocenters. The smallest absolute Gasteiger partial charge is 0.238 e. The minimum atomic E-state index is -3.79. The average Bonchev–Trinajstić information content (AvgIpc) is 3.71. The molecule has 0 bridgehead atoms. The molecule has 1 aliphatic carbocycles. The normalized spacial score (nSPS) is 16.2. The molecule has 1 aliphatic rings. The van der Waals surface area contributed by atoms with Gasteiger partial charge in [-0.3, -0.25) is 4.68 Å². The van der Waals surface area contributed by atoms with Gasteiger partial charge in [0.1, 0.15) is 40.7 Å². The molecule has 1 saturated carbocycles. The number of sulfone groups is 1. The third-order valence-electron chi connectivity index (χ3n) is 8.58. The summed E-state index contributed by atoms with van der Waals surface area (Å²) in [5.41, 5.74) is 16.7. The first-order valence-electron chi connectivity index (χ1n) is 15.3. The van der Waals surface area contributed by atoms with Crippen molar-refractivity contribution in [2.45, 2.75) is 63.9 Å². The van der Waals surface area contributed by atoms with Crippen LogP contribution in [-0.4, -0.2) is 66.8 Å². The van der Waals surface area contributed by atoms with Gasteiger partial charge in [0.05, 0.1) is 29.6 Å². The highest BCUT2D eigenvalue weighted by Gasteiger charge is 2.33. The maximum atomic E-state index is 12.3. The summed E-state index contributed by atoms with van der Waals surface area (Å²) in [6, 6.07) is 6.20. The molecule has 244 valence electrons. The van der Waals surface area contributed by atoms with Gasteiger partial charge in [0.15, 0.2) is 26.2 Å². The molecule has 0 aromatic carbocycles. The highest BCUT2D eigenvalue weighted by molar-refractivity contribution is 7.90. The van der Waals surface area contributed by atoms with Gasteiger partial charge >= 0.3 is 0 Å². The predicted octanol–water partition coefficient (Wildman–Crippen LogP) is 2.40. The summed E-state index contributed by atoms with van der Waals surface area (Å²) in [6.07, 6.45) is 6.56. The first-order valence-corrected chi connectivity index (χ1v) is 17.2. The van der Waals surface area contributed by atoms with Crippen LogP contribution in [0.4, 0.5) is 17.5 Å². The topological polar surface area (TPSA) is 233 Å². The maximum Gasteiger partial charge on any atom is 0.238 e. The molecule has 17 heteroatoms. The molecule has 5 aromatic rings. The van der Waals surface area contributed by atoms with Crippen molar-refractivity contribution in [3.8, 4) is 18.0 Å². The van der Waals surface area contributed by atoms with Gasteiger partial charge in [0.2, 0.25) is 5.88 Å². The molecule has 0 atom stereocenters. The Morgan fingerprint density at radius 1 is 1.00 bits per heavy atom. The molecular weight excluding hydrogens is 622 g/mol. The van der Waals surface area contributed by atoms with Crippen LogP contribution in [0.5, 0.6) is 5.88 Å². The lowest BCUT2D eigenvalue weighted by Gasteiger charge is -2.35. The van der Waals surface area contributed by atoms with Crippen LogP contribution in [0, 0.1) is 35.5 Å². The minimum Gasteiger partial charge on any atom is -0.476 e. The fourth-order valence-corrected chi connectivity index (χ4v) is 6.79. The van der Waals surface area contributed by atoms with Gasteiger partial charge in [-0.05, 0) is 44.6 Å². The van der Waals surface area contributed by atoms with Crippen molar-refractivity contribution < 1.29 is 13.2 Å². The number of rotatable bonds is 11. The van der Waals surface area contributed by atoms with Crippen LogP contribution >= 0.6 is 0 Å². The molecule has 0 saturated heterocycles. The molecule has 0 aliphatic heterocycles. The number of aryl methyl sites for hydroxylation is 3. The second kappa shape index (κ2) is 12.1. The van der Waals surface area contributed by atoms with Gasteiger partial charge < -0.3 is 21.5 Å². The molecule has 5 N–H and O–H groups in total. The third kappa shape index (κ3) is 5.52. The number of nitriles is 2. The molecule has 0 amide bonds. The molecule has 5 aromatic heterocycles. The van der Waals surface area contributed by atoms with E-state index >= 15 is 0 Å². The standard InChI is InChI=1S/C30H35N13O3S/c1-5-20-16(3)38-42-24(33)22(13-31)26(36-27(20)42)35-9-7-18-8-10-41(39-18)19-11-17(12-19)15-46-29-21(6-2)28-37-30(47(4,44)45)23(14-32)25(34)43(28)40-29/h8,10,17,19H,5-7,9,11-12,15,33-34H2,1-4H3,(H,35,36). The lowest BCUT2D eigenvalue weighted by molar-refractivity contribution is 0.114. The fraction of sp³-hybridized carbons (Fsp3) is 0.433. The van der Waals surface area contributed by atoms with Crippen LogP contribution in [0.2, 0.25) is 0 Å². The fourth-order valence-electron chi connectivity index (χ4n) is 6.01. The van der Waals surface area contributed by atoms with Gasteiger partial charge in [-0.2, -0.15) is 29.8 Å². The lowest BCUT2D eigenvalue weighted by Crippen LogP contribution is -2.31. The average molecular weight is 658 g/mol. The number of hydrogen-bond donors (Lipinski definition) is 3. The Bertz CT molecular complexity index is 2210. The van der Waals surface area contributed by atoms with Crippen molar-refractivity contribution in [2.24, 2.45) is 5.92 Å². The van der Waals surface area contributed by atoms with Gasteiger partial charge in [-0.1, -0.05) is 13.8 Å². The van der Waals surface area contributed by atoms with E-state index in [1.807, 2.05) is 43.8 Å². The Morgan fingerprint density at radius 3 is 2.32 bits per heavy atom. The quantitative estimate of drug-likeness (QED) is 0.173. The summed E-state index contributed by atoms with van der Waals surface area (Å²) in [4.78, 5) is 8.92. The third-order valence-corrected chi connectivity index (χ3v) is 9.58. The first-order chi connectivity index (χ1) is 22.5. The van der Waals surface area contributed by atoms with E-state index < -0.39 is 9.84 Å². The van der Waals surface area contributed by atoms with Crippen LogP contribution in [-0.2, 0) is 29.1 Å². The van der Waals surface area contributed by atoms with Crippen molar-refractivity contribution in [1.29, 1.82) is 10.5 Å². The van der Waals surface area contributed by atoms with Crippen molar-refractivity contribution in [3.05, 3.63) is 45.9 Å². The zero-order valence-corrected chi connectivity index (χ0v) is 27.3. The summed E-state index contributed by atoms with van der Waals surface area (Å²) < 4.78 is 35.4. The van der Waals surface area contributed by atoms with E-state index in [2.05, 4.69) is 31.6 Å². The molecule has 1 fully saturated rings. The Hall–Kier alpha value is -5.42. The number of hydrogen-bond acceptors (Lipinski definition) is 13. The van der Waals surface area contributed by atoms with E-state index in [0.29, 0.717) is 48.9 Å². The lowest BCUT2D eigenvalue weighted by atomic mass is 9.81. The summed E-state index contributed by atoms with van der Waals surface area (Å²) in [6.45, 7) is 6.76. The minimum absolute atomic E-state index is 0.0955.